The highest BCUT2D eigenvalue weighted by Gasteiger charge is 2.35. The summed E-state index contributed by atoms with van der Waals surface area (Å²) in [5.41, 5.74) is 0. The van der Waals surface area contributed by atoms with E-state index in [4.69, 9.17) is 0 Å². The molecule has 14 heavy (non-hydrogen) atoms. The summed E-state index contributed by atoms with van der Waals surface area (Å²) < 4.78 is 36.6. The third-order valence-corrected chi connectivity index (χ3v) is 2.38. The number of nitrogens with one attached hydrogen (secondary N) is 1. The fraction of sp³-hybridized carbons (Fsp3) is 0.889. The normalized spacial score (nSPS) is 25.3. The minimum atomic E-state index is -4.07. The summed E-state index contributed by atoms with van der Waals surface area (Å²) in [6.07, 6.45) is -4.13. The Labute approximate surface area is 82.5 Å². The molecule has 0 aromatic rings. The molecule has 0 aromatic heterocycles. The standard InChI is InChI=1S/C9H16F3N2/c1-2-4-14-5-3-13-7-8(14)6-9(10,11)12/h8,13H,1-7H2. The van der Waals surface area contributed by atoms with Crippen LogP contribution in [0.5, 0.6) is 0 Å². The van der Waals surface area contributed by atoms with Gasteiger partial charge in [0, 0.05) is 25.7 Å². The fourth-order valence-electron chi connectivity index (χ4n) is 1.77. The van der Waals surface area contributed by atoms with Gasteiger partial charge in [-0.3, -0.25) is 4.90 Å². The van der Waals surface area contributed by atoms with Gasteiger partial charge in [-0.05, 0) is 13.0 Å². The molecule has 0 spiro atoms. The van der Waals surface area contributed by atoms with Gasteiger partial charge in [-0.2, -0.15) is 13.2 Å². The van der Waals surface area contributed by atoms with E-state index in [1.165, 1.54) is 0 Å². The molecule has 1 N–H and O–H groups in total. The lowest BCUT2D eigenvalue weighted by Gasteiger charge is -2.36. The fourth-order valence-corrected chi connectivity index (χ4v) is 1.77. The van der Waals surface area contributed by atoms with Crippen molar-refractivity contribution in [1.29, 1.82) is 0 Å². The van der Waals surface area contributed by atoms with Gasteiger partial charge in [0.1, 0.15) is 0 Å². The average Bonchev–Trinajstić information content (AvgIpc) is 2.06. The lowest BCUT2D eigenvalue weighted by Crippen LogP contribution is -2.52. The molecule has 1 radical (unpaired) electrons. The molecule has 1 saturated heterocycles. The Balaban J connectivity index is 2.45. The van der Waals surface area contributed by atoms with Crippen LogP contribution < -0.4 is 5.32 Å². The van der Waals surface area contributed by atoms with Crippen molar-refractivity contribution < 1.29 is 13.2 Å². The monoisotopic (exact) mass is 209 g/mol. The van der Waals surface area contributed by atoms with Crippen LogP contribution in [0.25, 0.3) is 0 Å². The van der Waals surface area contributed by atoms with Crippen molar-refractivity contribution in [2.45, 2.75) is 25.1 Å². The smallest absolute Gasteiger partial charge is 0.314 e. The van der Waals surface area contributed by atoms with Crippen LogP contribution in [0, 0.1) is 6.92 Å². The Hall–Kier alpha value is -0.290. The van der Waals surface area contributed by atoms with Crippen molar-refractivity contribution in [1.82, 2.24) is 10.2 Å². The molecule has 1 aliphatic rings. The summed E-state index contributed by atoms with van der Waals surface area (Å²) >= 11 is 0. The summed E-state index contributed by atoms with van der Waals surface area (Å²) in [5, 5.41) is 2.98. The zero-order chi connectivity index (χ0) is 10.6. The topological polar surface area (TPSA) is 15.3 Å². The minimum Gasteiger partial charge on any atom is -0.314 e. The second-order valence-electron chi connectivity index (χ2n) is 3.57. The van der Waals surface area contributed by atoms with Crippen molar-refractivity contribution >= 4 is 0 Å². The van der Waals surface area contributed by atoms with Gasteiger partial charge in [0.15, 0.2) is 0 Å². The summed E-state index contributed by atoms with van der Waals surface area (Å²) in [5.74, 6) is 0. The SMILES string of the molecule is [CH2]CCN1CCNCC1CC(F)(F)F. The van der Waals surface area contributed by atoms with Gasteiger partial charge in [-0.25, -0.2) is 0 Å². The molecule has 0 bridgehead atoms. The number of rotatable bonds is 3. The Morgan fingerprint density at radius 2 is 2.14 bits per heavy atom. The minimum absolute atomic E-state index is 0.412. The maximum absolute atomic E-state index is 12.2. The molecule has 0 aromatic carbocycles. The van der Waals surface area contributed by atoms with Gasteiger partial charge in [0.2, 0.25) is 0 Å². The quantitative estimate of drug-likeness (QED) is 0.756. The van der Waals surface area contributed by atoms with Crippen LogP contribution in [-0.2, 0) is 0 Å². The van der Waals surface area contributed by atoms with E-state index in [0.717, 1.165) is 6.54 Å². The van der Waals surface area contributed by atoms with E-state index in [2.05, 4.69) is 12.2 Å². The molecule has 0 amide bonds. The molecule has 0 aliphatic carbocycles. The lowest BCUT2D eigenvalue weighted by molar-refractivity contribution is -0.148. The Morgan fingerprint density at radius 3 is 2.71 bits per heavy atom. The van der Waals surface area contributed by atoms with E-state index in [1.807, 2.05) is 4.90 Å². The molecule has 1 unspecified atom stereocenters. The number of halogens is 3. The molecular weight excluding hydrogens is 193 g/mol. The highest BCUT2D eigenvalue weighted by Crippen LogP contribution is 2.24. The highest BCUT2D eigenvalue weighted by molar-refractivity contribution is 4.81. The number of piperazine rings is 1. The summed E-state index contributed by atoms with van der Waals surface area (Å²) in [7, 11) is 0. The summed E-state index contributed by atoms with van der Waals surface area (Å²) in [6, 6.07) is -0.412. The molecule has 1 heterocycles. The predicted octanol–water partition coefficient (Wildman–Crippen LogP) is 1.44. The number of nitrogens with zero attached hydrogens (tertiary/aromatic N) is 1. The molecule has 1 fully saturated rings. The lowest BCUT2D eigenvalue weighted by atomic mass is 10.1. The van der Waals surface area contributed by atoms with E-state index in [9.17, 15) is 13.2 Å². The maximum atomic E-state index is 12.2. The highest BCUT2D eigenvalue weighted by atomic mass is 19.4. The zero-order valence-corrected chi connectivity index (χ0v) is 8.11. The number of hydrogen-bond acceptors (Lipinski definition) is 2. The Kier molecular flexibility index (Phi) is 4.19. The molecule has 1 rings (SSSR count). The molecule has 0 saturated carbocycles. The summed E-state index contributed by atoms with van der Waals surface area (Å²) in [4.78, 5) is 1.87. The first-order valence-electron chi connectivity index (χ1n) is 4.83. The largest absolute Gasteiger partial charge is 0.390 e. The molecule has 83 valence electrons. The van der Waals surface area contributed by atoms with Crippen molar-refractivity contribution in [3.8, 4) is 0 Å². The first-order chi connectivity index (χ1) is 6.53. The van der Waals surface area contributed by atoms with Gasteiger partial charge >= 0.3 is 6.18 Å². The van der Waals surface area contributed by atoms with Gasteiger partial charge in [0.05, 0.1) is 6.42 Å². The van der Waals surface area contributed by atoms with Crippen LogP contribution >= 0.6 is 0 Å². The summed E-state index contributed by atoms with van der Waals surface area (Å²) in [6.45, 7) is 6.22. The Morgan fingerprint density at radius 1 is 1.43 bits per heavy atom. The van der Waals surface area contributed by atoms with Crippen LogP contribution in [-0.4, -0.2) is 43.3 Å². The third kappa shape index (κ3) is 3.84. The van der Waals surface area contributed by atoms with E-state index in [0.29, 0.717) is 26.1 Å². The maximum Gasteiger partial charge on any atom is 0.390 e. The van der Waals surface area contributed by atoms with Gasteiger partial charge in [0.25, 0.3) is 0 Å². The van der Waals surface area contributed by atoms with Crippen LogP contribution in [0.15, 0.2) is 0 Å². The second kappa shape index (κ2) is 4.98. The van der Waals surface area contributed by atoms with Crippen LogP contribution in [0.2, 0.25) is 0 Å². The van der Waals surface area contributed by atoms with Crippen LogP contribution in [0.3, 0.4) is 0 Å². The molecule has 2 nitrogen and oxygen atoms in total. The zero-order valence-electron chi connectivity index (χ0n) is 8.11. The number of hydrogen-bond donors (Lipinski definition) is 1. The Bertz CT molecular complexity index is 168. The van der Waals surface area contributed by atoms with Gasteiger partial charge < -0.3 is 5.32 Å². The van der Waals surface area contributed by atoms with E-state index < -0.39 is 18.6 Å². The molecule has 5 heteroatoms. The van der Waals surface area contributed by atoms with E-state index in [-0.39, 0.29) is 0 Å². The van der Waals surface area contributed by atoms with Crippen molar-refractivity contribution in [3.05, 3.63) is 6.92 Å². The molecule has 1 atom stereocenters. The van der Waals surface area contributed by atoms with Crippen LogP contribution in [0.4, 0.5) is 13.2 Å². The van der Waals surface area contributed by atoms with Gasteiger partial charge in [-0.1, -0.05) is 6.92 Å². The van der Waals surface area contributed by atoms with Crippen molar-refractivity contribution in [3.63, 3.8) is 0 Å². The van der Waals surface area contributed by atoms with Crippen molar-refractivity contribution in [2.75, 3.05) is 26.2 Å². The van der Waals surface area contributed by atoms with E-state index in [1.54, 1.807) is 0 Å². The predicted molar refractivity (Wildman–Crippen MR) is 48.9 cm³/mol. The first-order valence-corrected chi connectivity index (χ1v) is 4.83. The molecule has 1 aliphatic heterocycles. The second-order valence-corrected chi connectivity index (χ2v) is 3.57. The molecular formula is C9H16F3N2. The van der Waals surface area contributed by atoms with E-state index >= 15 is 0 Å². The average molecular weight is 209 g/mol. The third-order valence-electron chi connectivity index (χ3n) is 2.38. The number of alkyl halides is 3. The van der Waals surface area contributed by atoms with Crippen LogP contribution in [0.1, 0.15) is 12.8 Å². The van der Waals surface area contributed by atoms with Gasteiger partial charge in [-0.15, -0.1) is 0 Å². The van der Waals surface area contributed by atoms with Crippen molar-refractivity contribution in [2.24, 2.45) is 0 Å². The first kappa shape index (κ1) is 11.8.